The van der Waals surface area contributed by atoms with Gasteiger partial charge in [0.15, 0.2) is 0 Å². The molecule has 0 atom stereocenters. The number of carbonyl (C=O) groups is 1. The summed E-state index contributed by atoms with van der Waals surface area (Å²) in [7, 11) is 0. The summed E-state index contributed by atoms with van der Waals surface area (Å²) >= 11 is 0. The second kappa shape index (κ2) is 11.4. The van der Waals surface area contributed by atoms with Crippen molar-refractivity contribution >= 4 is 5.91 Å². The standard InChI is InChI=1S/C34H42FNO2/c1-5-34(6-2,28-12-11-25(23(3)19-28)15-18-33(38)16-7-8-17-33)29-13-14-30(24(4)20-29)26-9-10-27(22-32(36)37)31(35)21-26/h9-14,19-21,38H,5-8,15-18,22H2,1-4H3,(H2,36,37). The van der Waals surface area contributed by atoms with Gasteiger partial charge in [0.2, 0.25) is 5.91 Å². The zero-order valence-corrected chi connectivity index (χ0v) is 23.4. The van der Waals surface area contributed by atoms with Gasteiger partial charge < -0.3 is 10.8 Å². The lowest BCUT2D eigenvalue weighted by Gasteiger charge is -2.34. The third kappa shape index (κ3) is 5.71. The Labute approximate surface area is 227 Å². The molecule has 1 amide bonds. The second-order valence-corrected chi connectivity index (χ2v) is 11.3. The van der Waals surface area contributed by atoms with Gasteiger partial charge in [0, 0.05) is 5.41 Å². The zero-order chi connectivity index (χ0) is 27.5. The van der Waals surface area contributed by atoms with Gasteiger partial charge >= 0.3 is 0 Å². The fourth-order valence-electron chi connectivity index (χ4n) is 6.49. The van der Waals surface area contributed by atoms with E-state index in [1.807, 2.05) is 6.07 Å². The van der Waals surface area contributed by atoms with Crippen molar-refractivity contribution in [1.29, 1.82) is 0 Å². The van der Waals surface area contributed by atoms with Crippen molar-refractivity contribution in [3.05, 3.63) is 93.8 Å². The van der Waals surface area contributed by atoms with Crippen LogP contribution in [0.4, 0.5) is 4.39 Å². The van der Waals surface area contributed by atoms with Crippen molar-refractivity contribution in [3.63, 3.8) is 0 Å². The number of primary amides is 1. The largest absolute Gasteiger partial charge is 0.390 e. The predicted molar refractivity (Wildman–Crippen MR) is 154 cm³/mol. The summed E-state index contributed by atoms with van der Waals surface area (Å²) in [6.45, 7) is 8.77. The minimum Gasteiger partial charge on any atom is -0.390 e. The Morgan fingerprint density at radius 2 is 1.53 bits per heavy atom. The molecule has 0 spiro atoms. The van der Waals surface area contributed by atoms with Gasteiger partial charge in [-0.05, 0) is 103 Å². The number of aliphatic hydroxyl groups is 1. The number of rotatable bonds is 10. The van der Waals surface area contributed by atoms with Gasteiger partial charge in [-0.25, -0.2) is 4.39 Å². The first-order valence-corrected chi connectivity index (χ1v) is 14.1. The highest BCUT2D eigenvalue weighted by Crippen LogP contribution is 2.41. The van der Waals surface area contributed by atoms with Gasteiger partial charge in [-0.15, -0.1) is 0 Å². The first-order valence-electron chi connectivity index (χ1n) is 14.1. The van der Waals surface area contributed by atoms with Gasteiger partial charge in [0.1, 0.15) is 5.82 Å². The van der Waals surface area contributed by atoms with Crippen LogP contribution in [0.5, 0.6) is 0 Å². The Bertz CT molecular complexity index is 1300. The van der Waals surface area contributed by atoms with Crippen LogP contribution >= 0.6 is 0 Å². The average molecular weight is 516 g/mol. The Balaban J connectivity index is 1.62. The molecule has 0 bridgehead atoms. The molecule has 0 saturated heterocycles. The summed E-state index contributed by atoms with van der Waals surface area (Å²) in [5.74, 6) is -0.945. The van der Waals surface area contributed by atoms with Crippen LogP contribution in [0.3, 0.4) is 0 Å². The lowest BCUT2D eigenvalue weighted by molar-refractivity contribution is -0.117. The lowest BCUT2D eigenvalue weighted by atomic mass is 9.69. The summed E-state index contributed by atoms with van der Waals surface area (Å²) in [5.41, 5.74) is 13.0. The molecule has 4 heteroatoms. The molecule has 3 nitrogen and oxygen atoms in total. The van der Waals surface area contributed by atoms with Gasteiger partial charge in [-0.1, -0.05) is 75.2 Å². The van der Waals surface area contributed by atoms with Gasteiger partial charge in [0.25, 0.3) is 0 Å². The maximum absolute atomic E-state index is 14.6. The van der Waals surface area contributed by atoms with Crippen LogP contribution in [0.2, 0.25) is 0 Å². The molecule has 1 aliphatic rings. The fraction of sp³-hybridized carbons (Fsp3) is 0.441. The molecule has 1 aliphatic carbocycles. The molecule has 1 saturated carbocycles. The SMILES string of the molecule is CCC(CC)(c1ccc(CCC2(O)CCCC2)c(C)c1)c1ccc(-c2ccc(CC(N)=O)c(F)c2)c(C)c1. The van der Waals surface area contributed by atoms with E-state index in [-0.39, 0.29) is 11.8 Å². The Kier molecular flexibility index (Phi) is 8.42. The highest BCUT2D eigenvalue weighted by molar-refractivity contribution is 5.77. The average Bonchev–Trinajstić information content (AvgIpc) is 3.32. The van der Waals surface area contributed by atoms with E-state index in [1.165, 1.54) is 28.3 Å². The van der Waals surface area contributed by atoms with Crippen molar-refractivity contribution in [2.75, 3.05) is 0 Å². The predicted octanol–water partition coefficient (Wildman–Crippen LogP) is 7.48. The van der Waals surface area contributed by atoms with Crippen LogP contribution in [0.25, 0.3) is 11.1 Å². The first kappa shape index (κ1) is 28.0. The molecule has 202 valence electrons. The third-order valence-corrected chi connectivity index (χ3v) is 9.00. The van der Waals surface area contributed by atoms with Gasteiger partial charge in [-0.2, -0.15) is 0 Å². The maximum atomic E-state index is 14.6. The highest BCUT2D eigenvalue weighted by Gasteiger charge is 2.33. The molecular weight excluding hydrogens is 473 g/mol. The molecule has 0 aliphatic heterocycles. The maximum Gasteiger partial charge on any atom is 0.221 e. The minimum absolute atomic E-state index is 0.0986. The molecule has 4 rings (SSSR count). The highest BCUT2D eigenvalue weighted by atomic mass is 19.1. The van der Waals surface area contributed by atoms with E-state index in [2.05, 4.69) is 64.1 Å². The van der Waals surface area contributed by atoms with Crippen molar-refractivity contribution in [3.8, 4) is 11.1 Å². The quantitative estimate of drug-likeness (QED) is 0.294. The van der Waals surface area contributed by atoms with Crippen molar-refractivity contribution in [2.45, 2.75) is 96.5 Å². The summed E-state index contributed by atoms with van der Waals surface area (Å²) < 4.78 is 14.6. The van der Waals surface area contributed by atoms with Crippen molar-refractivity contribution in [1.82, 2.24) is 0 Å². The van der Waals surface area contributed by atoms with E-state index in [9.17, 15) is 14.3 Å². The molecule has 0 radical (unpaired) electrons. The number of halogens is 1. The first-order chi connectivity index (χ1) is 18.1. The number of benzene rings is 3. The van der Waals surface area contributed by atoms with Gasteiger partial charge in [0.05, 0.1) is 12.0 Å². The zero-order valence-electron chi connectivity index (χ0n) is 23.4. The summed E-state index contributed by atoms with van der Waals surface area (Å²) in [4.78, 5) is 11.2. The molecule has 0 aromatic heterocycles. The van der Waals surface area contributed by atoms with Gasteiger partial charge in [-0.3, -0.25) is 4.79 Å². The van der Waals surface area contributed by atoms with E-state index in [0.29, 0.717) is 5.56 Å². The number of nitrogens with two attached hydrogens (primary N) is 1. The number of carbonyl (C=O) groups excluding carboxylic acids is 1. The fourth-order valence-corrected chi connectivity index (χ4v) is 6.49. The summed E-state index contributed by atoms with van der Waals surface area (Å²) in [6.07, 6.45) is 7.72. The molecule has 3 N–H and O–H groups in total. The topological polar surface area (TPSA) is 63.3 Å². The number of hydrogen-bond donors (Lipinski definition) is 2. The van der Waals surface area contributed by atoms with Crippen molar-refractivity contribution in [2.24, 2.45) is 5.73 Å². The number of aryl methyl sites for hydroxylation is 3. The smallest absolute Gasteiger partial charge is 0.221 e. The van der Waals surface area contributed by atoms with E-state index >= 15 is 0 Å². The van der Waals surface area contributed by atoms with Crippen LogP contribution in [0.15, 0.2) is 54.6 Å². The molecule has 0 unspecified atom stereocenters. The van der Waals surface area contributed by atoms with Crippen LogP contribution in [-0.2, 0) is 23.1 Å². The monoisotopic (exact) mass is 515 g/mol. The van der Waals surface area contributed by atoms with Crippen LogP contribution < -0.4 is 5.73 Å². The van der Waals surface area contributed by atoms with Crippen LogP contribution in [0, 0.1) is 19.7 Å². The molecule has 1 fully saturated rings. The lowest BCUT2D eigenvalue weighted by Crippen LogP contribution is -2.27. The van der Waals surface area contributed by atoms with E-state index < -0.39 is 17.3 Å². The number of hydrogen-bond acceptors (Lipinski definition) is 2. The molecule has 0 heterocycles. The molecule has 3 aromatic carbocycles. The molecule has 3 aromatic rings. The summed E-state index contributed by atoms with van der Waals surface area (Å²) in [6, 6.07) is 18.4. The summed E-state index contributed by atoms with van der Waals surface area (Å²) in [5, 5.41) is 10.8. The number of amides is 1. The normalized spacial score (nSPS) is 15.1. The van der Waals surface area contributed by atoms with E-state index in [4.69, 9.17) is 5.73 Å². The Hall–Kier alpha value is -2.98. The molecule has 38 heavy (non-hydrogen) atoms. The van der Waals surface area contributed by atoms with E-state index in [1.54, 1.807) is 6.07 Å². The third-order valence-electron chi connectivity index (χ3n) is 9.00. The Morgan fingerprint density at radius 1 is 0.921 bits per heavy atom. The Morgan fingerprint density at radius 3 is 2.08 bits per heavy atom. The van der Waals surface area contributed by atoms with Crippen LogP contribution in [0.1, 0.15) is 92.2 Å². The minimum atomic E-state index is -0.540. The molecular formula is C34H42FNO2. The second-order valence-electron chi connectivity index (χ2n) is 11.3. The van der Waals surface area contributed by atoms with Crippen LogP contribution in [-0.4, -0.2) is 16.6 Å². The van der Waals surface area contributed by atoms with Crippen molar-refractivity contribution < 1.29 is 14.3 Å². The van der Waals surface area contributed by atoms with E-state index in [0.717, 1.165) is 68.1 Å².